The average Bonchev–Trinajstić information content (AvgIpc) is 3.04. The van der Waals surface area contributed by atoms with Gasteiger partial charge in [-0.3, -0.25) is 20.2 Å². The van der Waals surface area contributed by atoms with E-state index < -0.39 is 9.85 Å². The highest BCUT2D eigenvalue weighted by Gasteiger charge is 2.12. The van der Waals surface area contributed by atoms with E-state index in [9.17, 15) is 20.2 Å². The Bertz CT molecular complexity index is 997. The molecule has 0 amide bonds. The molecule has 0 aliphatic carbocycles. The van der Waals surface area contributed by atoms with Crippen molar-refractivity contribution in [3.05, 3.63) is 83.0 Å². The fraction of sp³-hybridized carbons (Fsp3) is 0.118. The van der Waals surface area contributed by atoms with Crippen LogP contribution in [0.4, 0.5) is 11.4 Å². The molecule has 1 aromatic heterocycles. The average molecular weight is 469 g/mol. The lowest BCUT2D eigenvalue weighted by Gasteiger charge is -2.04. The molecule has 28 heavy (non-hydrogen) atoms. The standard InChI is InChI=1S/C17H12N2O4S5/c20-18(21)13-5-1-3-11(7-13)9-25-15-16(28-17(24)27-15)26-10-12-4-2-6-14(8-12)19(22)23/h1-8H,9-10H2. The minimum Gasteiger partial charge on any atom is -0.258 e. The maximum Gasteiger partial charge on any atom is 0.269 e. The van der Waals surface area contributed by atoms with Gasteiger partial charge in [-0.1, -0.05) is 36.5 Å². The van der Waals surface area contributed by atoms with Crippen molar-refractivity contribution in [2.45, 2.75) is 19.9 Å². The van der Waals surface area contributed by atoms with Gasteiger partial charge in [0, 0.05) is 35.8 Å². The summed E-state index contributed by atoms with van der Waals surface area (Å²) < 4.78 is 2.94. The molecule has 3 aromatic rings. The number of thioether (sulfide) groups is 2. The molecular weight excluding hydrogens is 457 g/mol. The molecule has 144 valence electrons. The van der Waals surface area contributed by atoms with Crippen LogP contribution in [0.2, 0.25) is 0 Å². The summed E-state index contributed by atoms with van der Waals surface area (Å²) >= 11 is 11.6. The van der Waals surface area contributed by atoms with Gasteiger partial charge in [0.1, 0.15) is 3.14 Å². The molecule has 0 atom stereocenters. The molecule has 11 heteroatoms. The third-order valence-corrected chi connectivity index (χ3v) is 9.23. The molecule has 0 fully saturated rings. The molecular formula is C17H12N2O4S5. The fourth-order valence-electron chi connectivity index (χ4n) is 2.25. The zero-order chi connectivity index (χ0) is 20.1. The van der Waals surface area contributed by atoms with E-state index in [1.165, 1.54) is 34.8 Å². The highest BCUT2D eigenvalue weighted by atomic mass is 32.2. The monoisotopic (exact) mass is 468 g/mol. The normalized spacial score (nSPS) is 10.7. The first kappa shape index (κ1) is 20.9. The number of nitrogens with zero attached hydrogens (tertiary/aromatic N) is 2. The molecule has 0 aliphatic rings. The van der Waals surface area contributed by atoms with Crippen molar-refractivity contribution in [1.82, 2.24) is 0 Å². The lowest BCUT2D eigenvalue weighted by molar-refractivity contribution is -0.385. The highest BCUT2D eigenvalue weighted by molar-refractivity contribution is 8.04. The van der Waals surface area contributed by atoms with Gasteiger partial charge in [0.25, 0.3) is 11.4 Å². The Kier molecular flexibility index (Phi) is 7.18. The number of hydrogen-bond donors (Lipinski definition) is 0. The van der Waals surface area contributed by atoms with E-state index >= 15 is 0 Å². The lowest BCUT2D eigenvalue weighted by Crippen LogP contribution is -1.89. The van der Waals surface area contributed by atoms with E-state index in [0.717, 1.165) is 22.7 Å². The third-order valence-electron chi connectivity index (χ3n) is 3.50. The van der Waals surface area contributed by atoms with Crippen LogP contribution in [0.5, 0.6) is 0 Å². The molecule has 6 nitrogen and oxygen atoms in total. The van der Waals surface area contributed by atoms with Gasteiger partial charge >= 0.3 is 0 Å². The highest BCUT2D eigenvalue weighted by Crippen LogP contribution is 2.43. The number of nitro benzene ring substituents is 2. The van der Waals surface area contributed by atoms with Crippen LogP contribution in [0.15, 0.2) is 56.9 Å². The number of nitro groups is 2. The van der Waals surface area contributed by atoms with Gasteiger partial charge in [0.2, 0.25) is 0 Å². The third kappa shape index (κ3) is 5.61. The SMILES string of the molecule is O=[N+]([O-])c1cccc(CSc2sc(=S)sc2SCc2cccc([N+](=O)[O-])c2)c1. The number of hydrogen-bond acceptors (Lipinski definition) is 9. The first-order valence-corrected chi connectivity index (χ1v) is 11.8. The van der Waals surface area contributed by atoms with Gasteiger partial charge in [0.15, 0.2) is 0 Å². The summed E-state index contributed by atoms with van der Waals surface area (Å²) in [4.78, 5) is 21.0. The second kappa shape index (κ2) is 9.61. The largest absolute Gasteiger partial charge is 0.269 e. The molecule has 0 radical (unpaired) electrons. The molecule has 0 unspecified atom stereocenters. The summed E-state index contributed by atoms with van der Waals surface area (Å²) in [6.07, 6.45) is 0. The Labute approximate surface area is 181 Å². The Hall–Kier alpha value is -1.79. The Morgan fingerprint density at radius 1 is 0.821 bits per heavy atom. The van der Waals surface area contributed by atoms with Gasteiger partial charge in [-0.05, 0) is 11.1 Å². The predicted molar refractivity (Wildman–Crippen MR) is 118 cm³/mol. The van der Waals surface area contributed by atoms with Crippen LogP contribution in [-0.4, -0.2) is 9.85 Å². The lowest BCUT2D eigenvalue weighted by atomic mass is 10.2. The van der Waals surface area contributed by atoms with Gasteiger partial charge in [-0.2, -0.15) is 0 Å². The minimum atomic E-state index is -0.400. The molecule has 2 aromatic carbocycles. The molecule has 0 N–H and O–H groups in total. The topological polar surface area (TPSA) is 86.3 Å². The Morgan fingerprint density at radius 3 is 1.64 bits per heavy atom. The van der Waals surface area contributed by atoms with E-state index in [-0.39, 0.29) is 11.4 Å². The van der Waals surface area contributed by atoms with Crippen molar-refractivity contribution in [2.24, 2.45) is 0 Å². The van der Waals surface area contributed by atoms with Crippen LogP contribution in [0.25, 0.3) is 0 Å². The maximum absolute atomic E-state index is 10.9. The first-order chi connectivity index (χ1) is 13.4. The number of non-ortho nitro benzene ring substituents is 2. The van der Waals surface area contributed by atoms with Crippen LogP contribution < -0.4 is 0 Å². The summed E-state index contributed by atoms with van der Waals surface area (Å²) in [6.45, 7) is 0. The quantitative estimate of drug-likeness (QED) is 0.153. The molecule has 3 rings (SSSR count). The van der Waals surface area contributed by atoms with Gasteiger partial charge < -0.3 is 0 Å². The Balaban J connectivity index is 1.69. The zero-order valence-corrected chi connectivity index (χ0v) is 18.2. The van der Waals surface area contributed by atoms with Gasteiger partial charge in [0.05, 0.1) is 18.3 Å². The zero-order valence-electron chi connectivity index (χ0n) is 14.1. The van der Waals surface area contributed by atoms with Crippen molar-refractivity contribution in [1.29, 1.82) is 0 Å². The summed E-state index contributed by atoms with van der Waals surface area (Å²) in [6, 6.07) is 13.2. The van der Waals surface area contributed by atoms with Crippen molar-refractivity contribution in [3.63, 3.8) is 0 Å². The summed E-state index contributed by atoms with van der Waals surface area (Å²) in [5.74, 6) is 1.21. The smallest absolute Gasteiger partial charge is 0.258 e. The maximum atomic E-state index is 10.9. The summed E-state index contributed by atoms with van der Waals surface area (Å²) in [5, 5.41) is 21.8. The summed E-state index contributed by atoms with van der Waals surface area (Å²) in [5.41, 5.74) is 1.91. The second-order valence-corrected chi connectivity index (χ2v) is 11.2. The first-order valence-electron chi connectivity index (χ1n) is 7.78. The minimum absolute atomic E-state index is 0.0799. The van der Waals surface area contributed by atoms with E-state index in [1.807, 2.05) is 12.1 Å². The van der Waals surface area contributed by atoms with Crippen molar-refractivity contribution in [2.75, 3.05) is 0 Å². The van der Waals surface area contributed by atoms with Crippen LogP contribution in [0.3, 0.4) is 0 Å². The Morgan fingerprint density at radius 2 is 1.25 bits per heavy atom. The van der Waals surface area contributed by atoms with Crippen LogP contribution >= 0.6 is 58.4 Å². The van der Waals surface area contributed by atoms with Gasteiger partial charge in [-0.25, -0.2) is 0 Å². The van der Waals surface area contributed by atoms with E-state index in [4.69, 9.17) is 12.2 Å². The van der Waals surface area contributed by atoms with Crippen LogP contribution in [-0.2, 0) is 11.5 Å². The number of rotatable bonds is 8. The molecule has 0 saturated heterocycles. The predicted octanol–water partition coefficient (Wildman–Crippen LogP) is 6.94. The molecule has 0 bridgehead atoms. The second-order valence-electron chi connectivity index (χ2n) is 5.46. The van der Waals surface area contributed by atoms with Crippen LogP contribution in [0, 0.1) is 23.4 Å². The molecule has 1 heterocycles. The van der Waals surface area contributed by atoms with Crippen LogP contribution in [0.1, 0.15) is 11.1 Å². The van der Waals surface area contributed by atoms with Crippen molar-refractivity contribution in [3.8, 4) is 0 Å². The van der Waals surface area contributed by atoms with Crippen molar-refractivity contribution < 1.29 is 9.85 Å². The van der Waals surface area contributed by atoms with Gasteiger partial charge in [-0.15, -0.1) is 46.2 Å². The van der Waals surface area contributed by atoms with E-state index in [1.54, 1.807) is 47.8 Å². The molecule has 0 spiro atoms. The van der Waals surface area contributed by atoms with E-state index in [0.29, 0.717) is 11.5 Å². The fourth-order valence-corrected chi connectivity index (χ4v) is 8.24. The number of benzene rings is 2. The molecule has 0 saturated carbocycles. The molecule has 0 aliphatic heterocycles. The summed E-state index contributed by atoms with van der Waals surface area (Å²) in [7, 11) is 0. The van der Waals surface area contributed by atoms with E-state index in [2.05, 4.69) is 0 Å². The van der Waals surface area contributed by atoms with Crippen molar-refractivity contribution >= 4 is 69.8 Å².